The minimum atomic E-state index is -3.76. The third-order valence-electron chi connectivity index (χ3n) is 6.04. The van der Waals surface area contributed by atoms with Gasteiger partial charge in [-0.05, 0) is 54.7 Å². The molecule has 0 aliphatic heterocycles. The van der Waals surface area contributed by atoms with E-state index in [1.807, 2.05) is 31.2 Å². The van der Waals surface area contributed by atoms with E-state index in [0.29, 0.717) is 23.9 Å². The molecule has 0 saturated carbocycles. The molecule has 2 aromatic carbocycles. The fourth-order valence-electron chi connectivity index (χ4n) is 3.69. The van der Waals surface area contributed by atoms with Gasteiger partial charge in [0, 0.05) is 13.1 Å². The second kappa shape index (κ2) is 13.3. The van der Waals surface area contributed by atoms with Crippen LogP contribution < -0.4 is 14.4 Å². The number of hydrogen-bond acceptors (Lipinski definition) is 5. The first-order valence-electron chi connectivity index (χ1n) is 12.3. The number of hydrogen-bond donors (Lipinski definition) is 1. The maximum atomic E-state index is 13.6. The number of nitrogens with zero attached hydrogens (tertiary/aromatic N) is 2. The normalized spacial score (nSPS) is 12.2. The summed E-state index contributed by atoms with van der Waals surface area (Å²) in [6.45, 7) is 8.04. The van der Waals surface area contributed by atoms with Gasteiger partial charge in [0.05, 0.1) is 19.1 Å². The van der Waals surface area contributed by atoms with Crippen LogP contribution in [0.1, 0.15) is 57.6 Å². The van der Waals surface area contributed by atoms with Crippen LogP contribution in [-0.2, 0) is 26.2 Å². The van der Waals surface area contributed by atoms with Crippen molar-refractivity contribution in [2.45, 2.75) is 59.0 Å². The van der Waals surface area contributed by atoms with E-state index in [4.69, 9.17) is 4.74 Å². The Balaban J connectivity index is 2.34. The van der Waals surface area contributed by atoms with Crippen LogP contribution in [0.2, 0.25) is 0 Å². The van der Waals surface area contributed by atoms with E-state index < -0.39 is 28.5 Å². The topological polar surface area (TPSA) is 96.0 Å². The molecular formula is C27H39N3O5S. The van der Waals surface area contributed by atoms with Crippen molar-refractivity contribution in [2.75, 3.05) is 30.8 Å². The Hall–Kier alpha value is -3.07. The summed E-state index contributed by atoms with van der Waals surface area (Å²) in [7, 11) is -2.19. The molecule has 2 aromatic rings. The van der Waals surface area contributed by atoms with E-state index in [2.05, 4.69) is 19.2 Å². The highest BCUT2D eigenvalue weighted by molar-refractivity contribution is 7.92. The number of benzene rings is 2. The van der Waals surface area contributed by atoms with E-state index in [1.54, 1.807) is 38.3 Å². The molecule has 0 radical (unpaired) electrons. The molecule has 0 fully saturated rings. The van der Waals surface area contributed by atoms with E-state index in [0.717, 1.165) is 34.5 Å². The molecule has 0 bridgehead atoms. The second-order valence-corrected chi connectivity index (χ2v) is 11.1. The van der Waals surface area contributed by atoms with Gasteiger partial charge in [-0.15, -0.1) is 0 Å². The molecule has 2 rings (SSSR count). The molecule has 0 heterocycles. The lowest BCUT2D eigenvalue weighted by Gasteiger charge is -2.31. The lowest BCUT2D eigenvalue weighted by atomic mass is 10.0. The number of methoxy groups -OCH3 is 1. The minimum Gasteiger partial charge on any atom is -0.497 e. The molecule has 0 aromatic heterocycles. The van der Waals surface area contributed by atoms with Crippen LogP contribution in [0.4, 0.5) is 5.69 Å². The van der Waals surface area contributed by atoms with Crippen LogP contribution >= 0.6 is 0 Å². The number of carbonyl (C=O) groups is 2. The third-order valence-corrected chi connectivity index (χ3v) is 7.18. The molecule has 0 saturated heterocycles. The van der Waals surface area contributed by atoms with Gasteiger partial charge >= 0.3 is 0 Å². The van der Waals surface area contributed by atoms with Gasteiger partial charge in [0.25, 0.3) is 0 Å². The van der Waals surface area contributed by atoms with E-state index >= 15 is 0 Å². The van der Waals surface area contributed by atoms with Crippen molar-refractivity contribution in [3.63, 3.8) is 0 Å². The molecule has 198 valence electrons. The van der Waals surface area contributed by atoms with Gasteiger partial charge in [-0.25, -0.2) is 8.42 Å². The molecule has 0 unspecified atom stereocenters. The number of nitrogens with one attached hydrogen (secondary N) is 1. The SMILES string of the molecule is CCCCNC(=O)[C@@H](C)N(Cc1ccc(OC)cc1)C(=O)CN(c1ccc(C(C)C)cc1)S(C)(=O)=O. The summed E-state index contributed by atoms with van der Waals surface area (Å²) in [6.07, 6.45) is 2.84. The molecule has 1 atom stereocenters. The number of unbranched alkanes of at least 4 members (excludes halogenated alkanes) is 1. The van der Waals surface area contributed by atoms with Gasteiger partial charge in [0.1, 0.15) is 18.3 Å². The van der Waals surface area contributed by atoms with E-state index in [9.17, 15) is 18.0 Å². The largest absolute Gasteiger partial charge is 0.497 e. The highest BCUT2D eigenvalue weighted by Gasteiger charge is 2.30. The summed E-state index contributed by atoms with van der Waals surface area (Å²) in [5, 5.41) is 2.87. The minimum absolute atomic E-state index is 0.148. The van der Waals surface area contributed by atoms with Gasteiger partial charge in [-0.3, -0.25) is 13.9 Å². The van der Waals surface area contributed by atoms with Crippen LogP contribution in [0.15, 0.2) is 48.5 Å². The summed E-state index contributed by atoms with van der Waals surface area (Å²) in [5.74, 6) is 0.217. The van der Waals surface area contributed by atoms with Gasteiger partial charge in [0.2, 0.25) is 21.8 Å². The zero-order valence-corrected chi connectivity index (χ0v) is 23.0. The first-order chi connectivity index (χ1) is 17.0. The van der Waals surface area contributed by atoms with Gasteiger partial charge < -0.3 is 15.0 Å². The Bertz CT molecular complexity index is 1100. The fourth-order valence-corrected chi connectivity index (χ4v) is 4.54. The zero-order valence-electron chi connectivity index (χ0n) is 22.2. The van der Waals surface area contributed by atoms with Gasteiger partial charge in [0.15, 0.2) is 0 Å². The van der Waals surface area contributed by atoms with Crippen LogP contribution in [0.5, 0.6) is 5.75 Å². The Labute approximate surface area is 215 Å². The first-order valence-corrected chi connectivity index (χ1v) is 14.1. The molecular weight excluding hydrogens is 478 g/mol. The monoisotopic (exact) mass is 517 g/mol. The molecule has 0 aliphatic rings. The van der Waals surface area contributed by atoms with Crippen molar-refractivity contribution in [1.82, 2.24) is 10.2 Å². The van der Waals surface area contributed by atoms with Gasteiger partial charge in [-0.2, -0.15) is 0 Å². The van der Waals surface area contributed by atoms with Crippen molar-refractivity contribution in [3.8, 4) is 5.75 Å². The zero-order chi connectivity index (χ0) is 26.9. The predicted octanol–water partition coefficient (Wildman–Crippen LogP) is 3.92. The number of rotatable bonds is 13. The molecule has 1 N–H and O–H groups in total. The highest BCUT2D eigenvalue weighted by atomic mass is 32.2. The van der Waals surface area contributed by atoms with Crippen LogP contribution in [0, 0.1) is 0 Å². The van der Waals surface area contributed by atoms with Crippen molar-refractivity contribution in [1.29, 1.82) is 0 Å². The number of ether oxygens (including phenoxy) is 1. The lowest BCUT2D eigenvalue weighted by Crippen LogP contribution is -2.51. The average Bonchev–Trinajstić information content (AvgIpc) is 2.85. The van der Waals surface area contributed by atoms with Crippen LogP contribution in [0.3, 0.4) is 0 Å². The molecule has 9 heteroatoms. The van der Waals surface area contributed by atoms with Crippen molar-refractivity contribution >= 4 is 27.5 Å². The lowest BCUT2D eigenvalue weighted by molar-refractivity contribution is -0.139. The Morgan fingerprint density at radius 1 is 1.00 bits per heavy atom. The van der Waals surface area contributed by atoms with E-state index in [1.165, 1.54) is 4.90 Å². The Morgan fingerprint density at radius 3 is 2.11 bits per heavy atom. The number of carbonyl (C=O) groups excluding carboxylic acids is 2. The Morgan fingerprint density at radius 2 is 1.61 bits per heavy atom. The Kier molecular flexibility index (Phi) is 10.8. The fraction of sp³-hybridized carbons (Fsp3) is 0.481. The molecule has 0 aliphatic carbocycles. The molecule has 36 heavy (non-hydrogen) atoms. The maximum absolute atomic E-state index is 13.6. The van der Waals surface area contributed by atoms with E-state index in [-0.39, 0.29) is 12.5 Å². The highest BCUT2D eigenvalue weighted by Crippen LogP contribution is 2.23. The summed E-state index contributed by atoms with van der Waals surface area (Å²) < 4.78 is 31.6. The standard InChI is InChI=1S/C27H39N3O5S/c1-7-8-17-28-27(32)21(4)29(18-22-9-15-25(35-5)16-10-22)26(31)19-30(36(6,33)34)24-13-11-23(12-14-24)20(2)3/h9-16,20-21H,7-8,17-19H2,1-6H3,(H,28,32)/t21-/m1/s1. The maximum Gasteiger partial charge on any atom is 0.244 e. The second-order valence-electron chi connectivity index (χ2n) is 9.21. The van der Waals surface area contributed by atoms with Gasteiger partial charge in [-0.1, -0.05) is 51.5 Å². The van der Waals surface area contributed by atoms with Crippen LogP contribution in [0.25, 0.3) is 0 Å². The number of amides is 2. The summed E-state index contributed by atoms with van der Waals surface area (Å²) in [6, 6.07) is 13.5. The van der Waals surface area contributed by atoms with Crippen molar-refractivity contribution < 1.29 is 22.7 Å². The average molecular weight is 518 g/mol. The van der Waals surface area contributed by atoms with Crippen molar-refractivity contribution in [3.05, 3.63) is 59.7 Å². The smallest absolute Gasteiger partial charge is 0.244 e. The van der Waals surface area contributed by atoms with Crippen molar-refractivity contribution in [2.24, 2.45) is 0 Å². The molecule has 2 amide bonds. The summed E-state index contributed by atoms with van der Waals surface area (Å²) >= 11 is 0. The molecule has 8 nitrogen and oxygen atoms in total. The summed E-state index contributed by atoms with van der Waals surface area (Å²) in [4.78, 5) is 27.8. The first kappa shape index (κ1) is 29.2. The predicted molar refractivity (Wildman–Crippen MR) is 144 cm³/mol. The third kappa shape index (κ3) is 8.26. The number of sulfonamides is 1. The number of anilines is 1. The molecule has 0 spiro atoms. The summed E-state index contributed by atoms with van der Waals surface area (Å²) in [5.41, 5.74) is 2.27. The quantitative estimate of drug-likeness (QED) is 0.406. The van der Waals surface area contributed by atoms with Crippen LogP contribution in [-0.4, -0.2) is 57.6 Å².